The maximum atomic E-state index is 11.9. The highest BCUT2D eigenvalue weighted by Gasteiger charge is 2.33. The van der Waals surface area contributed by atoms with Crippen molar-refractivity contribution in [2.45, 2.75) is 32.6 Å². The summed E-state index contributed by atoms with van der Waals surface area (Å²) in [5.74, 6) is -0.281. The number of hydrogen-bond donors (Lipinski definition) is 4. The molecular weight excluding hydrogens is 232 g/mol. The molecule has 1 saturated carbocycles. The van der Waals surface area contributed by atoms with Crippen LogP contribution in [-0.4, -0.2) is 34.4 Å². The van der Waals surface area contributed by atoms with Gasteiger partial charge in [-0.25, -0.2) is 0 Å². The van der Waals surface area contributed by atoms with Crippen molar-refractivity contribution in [1.29, 1.82) is 0 Å². The van der Waals surface area contributed by atoms with Crippen molar-refractivity contribution in [2.75, 3.05) is 18.9 Å². The van der Waals surface area contributed by atoms with E-state index in [4.69, 9.17) is 5.73 Å². The average molecular weight is 252 g/mol. The summed E-state index contributed by atoms with van der Waals surface area (Å²) >= 11 is 0. The summed E-state index contributed by atoms with van der Waals surface area (Å²) in [5.41, 5.74) is 6.91. The first-order valence-corrected chi connectivity index (χ1v) is 6.27. The number of aryl methyl sites for hydroxylation is 1. The molecule has 1 aliphatic rings. The number of aromatic nitrogens is 2. The van der Waals surface area contributed by atoms with E-state index < -0.39 is 0 Å². The lowest BCUT2D eigenvalue weighted by atomic mass is 9.87. The van der Waals surface area contributed by atoms with E-state index in [9.17, 15) is 9.90 Å². The molecule has 5 N–H and O–H groups in total. The van der Waals surface area contributed by atoms with Gasteiger partial charge in [0, 0.05) is 12.0 Å². The molecule has 0 aliphatic heterocycles. The van der Waals surface area contributed by atoms with Crippen molar-refractivity contribution in [3.05, 3.63) is 11.4 Å². The highest BCUT2D eigenvalue weighted by atomic mass is 16.3. The van der Waals surface area contributed by atoms with Crippen LogP contribution in [0, 0.1) is 12.3 Å². The van der Waals surface area contributed by atoms with E-state index in [2.05, 4.69) is 15.5 Å². The van der Waals surface area contributed by atoms with Crippen LogP contribution in [0.5, 0.6) is 0 Å². The van der Waals surface area contributed by atoms with Gasteiger partial charge in [-0.1, -0.05) is 12.8 Å². The van der Waals surface area contributed by atoms with Crippen LogP contribution in [0.3, 0.4) is 0 Å². The molecule has 100 valence electrons. The predicted octanol–water partition coefficient (Wildman–Crippen LogP) is 0.583. The molecule has 18 heavy (non-hydrogen) atoms. The number of amides is 1. The second kappa shape index (κ2) is 4.97. The molecule has 0 radical (unpaired) electrons. The fraction of sp³-hybridized carbons (Fsp3) is 0.667. The van der Waals surface area contributed by atoms with E-state index in [-0.39, 0.29) is 23.6 Å². The molecule has 1 aliphatic carbocycles. The van der Waals surface area contributed by atoms with E-state index in [1.165, 1.54) is 0 Å². The zero-order valence-electron chi connectivity index (χ0n) is 10.6. The number of carbonyl (C=O) groups excluding carboxylic acids is 1. The largest absolute Gasteiger partial charge is 0.396 e. The molecule has 0 bridgehead atoms. The molecule has 0 aromatic carbocycles. The SMILES string of the molecule is Cc1[nH]nc(C(=O)NCC2(CO)CCCC2)c1N. The van der Waals surface area contributed by atoms with Gasteiger partial charge in [-0.05, 0) is 19.8 Å². The van der Waals surface area contributed by atoms with Gasteiger partial charge in [0.2, 0.25) is 0 Å². The third-order valence-corrected chi connectivity index (χ3v) is 3.83. The number of nitrogen functional groups attached to an aromatic ring is 1. The number of carbonyl (C=O) groups is 1. The first-order chi connectivity index (χ1) is 8.58. The number of aliphatic hydroxyl groups excluding tert-OH is 1. The molecule has 1 aromatic heterocycles. The zero-order valence-corrected chi connectivity index (χ0v) is 10.6. The van der Waals surface area contributed by atoms with Gasteiger partial charge < -0.3 is 16.2 Å². The summed E-state index contributed by atoms with van der Waals surface area (Å²) < 4.78 is 0. The summed E-state index contributed by atoms with van der Waals surface area (Å²) in [6.07, 6.45) is 4.14. The van der Waals surface area contributed by atoms with E-state index >= 15 is 0 Å². The molecule has 6 heteroatoms. The molecular formula is C12H20N4O2. The topological polar surface area (TPSA) is 104 Å². The van der Waals surface area contributed by atoms with Crippen molar-refractivity contribution in [2.24, 2.45) is 5.41 Å². The maximum Gasteiger partial charge on any atom is 0.273 e. The standard InChI is InChI=1S/C12H20N4O2/c1-8-9(13)10(16-15-8)11(18)14-6-12(7-17)4-2-3-5-12/h17H,2-7,13H2,1H3,(H,14,18)(H,15,16). The van der Waals surface area contributed by atoms with E-state index in [1.54, 1.807) is 6.92 Å². The van der Waals surface area contributed by atoms with Gasteiger partial charge in [0.25, 0.3) is 5.91 Å². The molecule has 1 amide bonds. The van der Waals surface area contributed by atoms with Crippen LogP contribution in [0.2, 0.25) is 0 Å². The van der Waals surface area contributed by atoms with Gasteiger partial charge in [-0.15, -0.1) is 0 Å². The van der Waals surface area contributed by atoms with Crippen molar-refractivity contribution in [3.63, 3.8) is 0 Å². The second-order valence-corrected chi connectivity index (χ2v) is 5.16. The normalized spacial score (nSPS) is 17.9. The monoisotopic (exact) mass is 252 g/mol. The smallest absolute Gasteiger partial charge is 0.273 e. The van der Waals surface area contributed by atoms with Crippen molar-refractivity contribution >= 4 is 11.6 Å². The molecule has 1 heterocycles. The van der Waals surface area contributed by atoms with Crippen LogP contribution in [0.4, 0.5) is 5.69 Å². The van der Waals surface area contributed by atoms with Crippen LogP contribution < -0.4 is 11.1 Å². The van der Waals surface area contributed by atoms with Gasteiger partial charge in [0.1, 0.15) is 0 Å². The van der Waals surface area contributed by atoms with Gasteiger partial charge in [0.05, 0.1) is 18.0 Å². The van der Waals surface area contributed by atoms with Gasteiger partial charge >= 0.3 is 0 Å². The number of aliphatic hydroxyl groups is 1. The Balaban J connectivity index is 1.98. The molecule has 6 nitrogen and oxygen atoms in total. The summed E-state index contributed by atoms with van der Waals surface area (Å²) in [6, 6.07) is 0. The maximum absolute atomic E-state index is 11.9. The Morgan fingerprint density at radius 3 is 2.72 bits per heavy atom. The number of nitrogens with zero attached hydrogens (tertiary/aromatic N) is 1. The first kappa shape index (κ1) is 12.9. The van der Waals surface area contributed by atoms with Crippen LogP contribution in [0.25, 0.3) is 0 Å². The summed E-state index contributed by atoms with van der Waals surface area (Å²) in [7, 11) is 0. The minimum atomic E-state index is -0.281. The van der Waals surface area contributed by atoms with Crippen LogP contribution in [-0.2, 0) is 0 Å². The molecule has 0 atom stereocenters. The summed E-state index contributed by atoms with van der Waals surface area (Å²) in [4.78, 5) is 11.9. The Morgan fingerprint density at radius 1 is 1.56 bits per heavy atom. The third-order valence-electron chi connectivity index (χ3n) is 3.83. The average Bonchev–Trinajstić information content (AvgIpc) is 2.96. The second-order valence-electron chi connectivity index (χ2n) is 5.16. The number of rotatable bonds is 4. The van der Waals surface area contributed by atoms with Crippen molar-refractivity contribution in [3.8, 4) is 0 Å². The third kappa shape index (κ3) is 2.33. The van der Waals surface area contributed by atoms with E-state index in [1.807, 2.05) is 0 Å². The Labute approximate surface area is 106 Å². The zero-order chi connectivity index (χ0) is 13.2. The van der Waals surface area contributed by atoms with Gasteiger partial charge in [-0.2, -0.15) is 5.10 Å². The molecule has 0 spiro atoms. The summed E-state index contributed by atoms with van der Waals surface area (Å²) in [6.45, 7) is 2.36. The molecule has 1 aromatic rings. The molecule has 2 rings (SSSR count). The van der Waals surface area contributed by atoms with Gasteiger partial charge in [-0.3, -0.25) is 9.89 Å². The molecule has 1 fully saturated rings. The molecule has 0 unspecified atom stereocenters. The number of H-pyrrole nitrogens is 1. The number of anilines is 1. The number of nitrogens with two attached hydrogens (primary N) is 1. The Kier molecular flexibility index (Phi) is 3.56. The number of hydrogen-bond acceptors (Lipinski definition) is 4. The fourth-order valence-corrected chi connectivity index (χ4v) is 2.48. The first-order valence-electron chi connectivity index (χ1n) is 6.27. The lowest BCUT2D eigenvalue weighted by molar-refractivity contribution is 0.0877. The highest BCUT2D eigenvalue weighted by Crippen LogP contribution is 2.36. The fourth-order valence-electron chi connectivity index (χ4n) is 2.48. The predicted molar refractivity (Wildman–Crippen MR) is 68.1 cm³/mol. The van der Waals surface area contributed by atoms with E-state index in [0.29, 0.717) is 17.9 Å². The lowest BCUT2D eigenvalue weighted by Crippen LogP contribution is -2.38. The van der Waals surface area contributed by atoms with Crippen LogP contribution in [0.1, 0.15) is 41.9 Å². The Hall–Kier alpha value is -1.56. The van der Waals surface area contributed by atoms with Crippen molar-refractivity contribution in [1.82, 2.24) is 15.5 Å². The number of aromatic amines is 1. The number of nitrogens with one attached hydrogen (secondary N) is 2. The van der Waals surface area contributed by atoms with Crippen LogP contribution >= 0.6 is 0 Å². The summed E-state index contributed by atoms with van der Waals surface area (Å²) in [5, 5.41) is 18.9. The van der Waals surface area contributed by atoms with Crippen LogP contribution in [0.15, 0.2) is 0 Å². The highest BCUT2D eigenvalue weighted by molar-refractivity contribution is 5.97. The van der Waals surface area contributed by atoms with Crippen molar-refractivity contribution < 1.29 is 9.90 Å². The van der Waals surface area contributed by atoms with Gasteiger partial charge in [0.15, 0.2) is 5.69 Å². The Bertz CT molecular complexity index is 435. The Morgan fingerprint density at radius 2 is 2.22 bits per heavy atom. The molecule has 0 saturated heterocycles. The lowest BCUT2D eigenvalue weighted by Gasteiger charge is -2.26. The minimum Gasteiger partial charge on any atom is -0.396 e. The quantitative estimate of drug-likeness (QED) is 0.629. The van der Waals surface area contributed by atoms with E-state index in [0.717, 1.165) is 25.7 Å². The minimum absolute atomic E-state index is 0.113.